The number of carbonyl (C=O) groups is 1. The molecule has 3 heterocycles. The van der Waals surface area contributed by atoms with Gasteiger partial charge in [0.05, 0.1) is 18.8 Å². The number of ketones is 1. The Bertz CT molecular complexity index is 1330. The zero-order valence-corrected chi connectivity index (χ0v) is 24.2. The molecule has 1 fully saturated rings. The molecular formula is C32H42N6O2. The first-order chi connectivity index (χ1) is 19.4. The van der Waals surface area contributed by atoms with Crippen molar-refractivity contribution in [2.24, 2.45) is 0 Å². The van der Waals surface area contributed by atoms with Crippen LogP contribution in [-0.4, -0.2) is 64.9 Å². The lowest BCUT2D eigenvalue weighted by Gasteiger charge is -2.25. The summed E-state index contributed by atoms with van der Waals surface area (Å²) < 4.78 is 5.68. The number of fused-ring (bicyclic) bond motifs is 8. The predicted molar refractivity (Wildman–Crippen MR) is 161 cm³/mol. The molecule has 8 heteroatoms. The summed E-state index contributed by atoms with van der Waals surface area (Å²) in [4.78, 5) is 27.3. The van der Waals surface area contributed by atoms with Crippen molar-refractivity contribution in [1.29, 1.82) is 0 Å². The Morgan fingerprint density at radius 2 is 1.93 bits per heavy atom. The van der Waals surface area contributed by atoms with E-state index in [0.29, 0.717) is 24.2 Å². The highest BCUT2D eigenvalue weighted by Gasteiger charge is 2.30. The van der Waals surface area contributed by atoms with Crippen molar-refractivity contribution in [2.75, 3.05) is 37.9 Å². The third kappa shape index (κ3) is 6.98. The van der Waals surface area contributed by atoms with E-state index in [-0.39, 0.29) is 6.04 Å². The van der Waals surface area contributed by atoms with Crippen LogP contribution in [0, 0.1) is 0 Å². The second-order valence-electron chi connectivity index (χ2n) is 11.4. The van der Waals surface area contributed by atoms with E-state index in [0.717, 1.165) is 85.8 Å². The van der Waals surface area contributed by atoms with Crippen LogP contribution in [0.15, 0.2) is 48.7 Å². The van der Waals surface area contributed by atoms with Gasteiger partial charge in [0.1, 0.15) is 11.5 Å². The maximum Gasteiger partial charge on any atom is 0.227 e. The van der Waals surface area contributed by atoms with Gasteiger partial charge in [0.2, 0.25) is 5.95 Å². The van der Waals surface area contributed by atoms with Crippen LogP contribution in [-0.2, 0) is 17.9 Å². The molecule has 2 aliphatic rings. The van der Waals surface area contributed by atoms with Gasteiger partial charge in [0.25, 0.3) is 0 Å². The van der Waals surface area contributed by atoms with Crippen LogP contribution in [0.3, 0.4) is 0 Å². The zero-order valence-electron chi connectivity index (χ0n) is 24.2. The largest absolute Gasteiger partial charge is 0.496 e. The molecule has 5 rings (SSSR count). The van der Waals surface area contributed by atoms with E-state index in [1.807, 2.05) is 18.2 Å². The molecule has 3 aromatic rings. The highest BCUT2D eigenvalue weighted by molar-refractivity contribution is 5.84. The average Bonchev–Trinajstić information content (AvgIpc) is 3.38. The topological polar surface area (TPSA) is 82.6 Å². The van der Waals surface area contributed by atoms with Crippen molar-refractivity contribution in [3.63, 3.8) is 0 Å². The van der Waals surface area contributed by atoms with Gasteiger partial charge in [-0.15, -0.1) is 0 Å². The first kappa shape index (κ1) is 28.1. The number of hydrogen-bond acceptors (Lipinski definition) is 8. The second kappa shape index (κ2) is 12.8. The van der Waals surface area contributed by atoms with Crippen molar-refractivity contribution >= 4 is 23.1 Å². The fraction of sp³-hybridized carbons (Fsp3) is 0.469. The van der Waals surface area contributed by atoms with Gasteiger partial charge in [-0.2, -0.15) is 0 Å². The van der Waals surface area contributed by atoms with Gasteiger partial charge in [-0.05, 0) is 108 Å². The number of ether oxygens (including phenoxy) is 1. The highest BCUT2D eigenvalue weighted by Crippen LogP contribution is 2.30. The molecule has 6 bridgehead atoms. The fourth-order valence-corrected chi connectivity index (χ4v) is 5.87. The van der Waals surface area contributed by atoms with Crippen LogP contribution < -0.4 is 15.4 Å². The van der Waals surface area contributed by atoms with E-state index in [9.17, 15) is 4.79 Å². The molecule has 0 unspecified atom stereocenters. The van der Waals surface area contributed by atoms with E-state index in [1.165, 1.54) is 5.56 Å². The van der Waals surface area contributed by atoms with Crippen LogP contribution in [0.25, 0.3) is 11.3 Å². The minimum atomic E-state index is 0.00784. The molecular weight excluding hydrogens is 500 g/mol. The van der Waals surface area contributed by atoms with E-state index in [2.05, 4.69) is 70.6 Å². The summed E-state index contributed by atoms with van der Waals surface area (Å²) in [6, 6.07) is 14.9. The van der Waals surface area contributed by atoms with E-state index >= 15 is 0 Å². The molecule has 2 N–H and O–H groups in total. The number of nitrogens with zero attached hydrogens (tertiary/aromatic N) is 4. The number of carbonyl (C=O) groups excluding carboxylic acids is 1. The minimum Gasteiger partial charge on any atom is -0.496 e. The Labute approximate surface area is 238 Å². The smallest absolute Gasteiger partial charge is 0.227 e. The number of anilines is 3. The zero-order chi connectivity index (χ0) is 28.1. The van der Waals surface area contributed by atoms with Gasteiger partial charge >= 0.3 is 0 Å². The Balaban J connectivity index is 1.51. The number of hydrogen-bond donors (Lipinski definition) is 2. The first-order valence-electron chi connectivity index (χ1n) is 14.5. The van der Waals surface area contributed by atoms with Crippen LogP contribution in [0.4, 0.5) is 17.3 Å². The van der Waals surface area contributed by atoms with Crippen LogP contribution in [0.2, 0.25) is 0 Å². The predicted octanol–water partition coefficient (Wildman–Crippen LogP) is 5.87. The summed E-state index contributed by atoms with van der Waals surface area (Å²) in [6.45, 7) is 7.66. The standard InChI is InChI=1S/C32H42N6O2/c1-22(2)34-26-16-23-17-27(19-26)35-32-33-13-12-28(36-32)24-10-11-31(40-4)25(18-24)21-37(3)14-6-5-9-30(39)29-8-7-15-38(29)20-23/h10-13,16-19,22,29,34H,5-9,14-15,20-21H2,1-4H3,(H,33,35,36)/t29-/m1/s1. The van der Waals surface area contributed by atoms with E-state index < -0.39 is 0 Å². The summed E-state index contributed by atoms with van der Waals surface area (Å²) in [5.41, 5.74) is 6.12. The third-order valence-corrected chi connectivity index (χ3v) is 7.71. The Kier molecular flexibility index (Phi) is 8.97. The molecule has 8 nitrogen and oxygen atoms in total. The number of methoxy groups -OCH3 is 1. The molecule has 0 aliphatic carbocycles. The number of benzene rings is 2. The average molecular weight is 543 g/mol. The monoisotopic (exact) mass is 542 g/mol. The lowest BCUT2D eigenvalue weighted by atomic mass is 10.0. The summed E-state index contributed by atoms with van der Waals surface area (Å²) in [5.74, 6) is 1.79. The molecule has 0 amide bonds. The SMILES string of the molecule is COc1ccc2cc1CN(C)CCCCC(=O)[C@H]1CCCN1Cc1cc(cc(NC(C)C)c1)Nc1nccc-2n1. The van der Waals surface area contributed by atoms with Crippen LogP contribution >= 0.6 is 0 Å². The molecule has 2 aromatic carbocycles. The normalized spacial score (nSPS) is 19.1. The van der Waals surface area contributed by atoms with Crippen molar-refractivity contribution in [3.8, 4) is 17.0 Å². The molecule has 1 atom stereocenters. The van der Waals surface area contributed by atoms with Crippen LogP contribution in [0.5, 0.6) is 5.75 Å². The van der Waals surface area contributed by atoms with Crippen molar-refractivity contribution in [3.05, 3.63) is 59.8 Å². The third-order valence-electron chi connectivity index (χ3n) is 7.71. The number of rotatable bonds is 3. The molecule has 0 radical (unpaired) electrons. The summed E-state index contributed by atoms with van der Waals surface area (Å²) in [5, 5.41) is 6.99. The lowest BCUT2D eigenvalue weighted by molar-refractivity contribution is -0.123. The summed E-state index contributed by atoms with van der Waals surface area (Å²) in [7, 11) is 3.84. The highest BCUT2D eigenvalue weighted by atomic mass is 16.5. The number of Topliss-reactive ketones (excluding diaryl/α,β-unsaturated/α-hetero) is 1. The fourth-order valence-electron chi connectivity index (χ4n) is 5.87. The maximum atomic E-state index is 13.3. The maximum absolute atomic E-state index is 13.3. The molecule has 40 heavy (non-hydrogen) atoms. The van der Waals surface area contributed by atoms with Gasteiger partial charge in [-0.1, -0.05) is 0 Å². The molecule has 1 aromatic heterocycles. The Morgan fingerprint density at radius 1 is 1.05 bits per heavy atom. The Hall–Kier alpha value is -3.49. The number of aromatic nitrogens is 2. The molecule has 0 spiro atoms. The second-order valence-corrected chi connectivity index (χ2v) is 11.4. The van der Waals surface area contributed by atoms with Gasteiger partial charge < -0.3 is 20.3 Å². The van der Waals surface area contributed by atoms with Gasteiger partial charge in [0, 0.05) is 54.3 Å². The quantitative estimate of drug-likeness (QED) is 0.426. The molecule has 212 valence electrons. The van der Waals surface area contributed by atoms with Gasteiger partial charge in [0.15, 0.2) is 0 Å². The minimum absolute atomic E-state index is 0.00784. The van der Waals surface area contributed by atoms with Crippen molar-refractivity contribution < 1.29 is 9.53 Å². The van der Waals surface area contributed by atoms with Gasteiger partial charge in [-0.25, -0.2) is 9.97 Å². The lowest BCUT2D eigenvalue weighted by Crippen LogP contribution is -2.35. The van der Waals surface area contributed by atoms with E-state index in [4.69, 9.17) is 9.72 Å². The molecule has 0 saturated carbocycles. The summed E-state index contributed by atoms with van der Waals surface area (Å²) >= 11 is 0. The molecule has 2 aliphatic heterocycles. The molecule has 1 saturated heterocycles. The van der Waals surface area contributed by atoms with E-state index in [1.54, 1.807) is 13.3 Å². The number of nitrogens with one attached hydrogen (secondary N) is 2. The van der Waals surface area contributed by atoms with Crippen molar-refractivity contribution in [2.45, 2.75) is 71.1 Å². The van der Waals surface area contributed by atoms with Gasteiger partial charge in [-0.3, -0.25) is 9.69 Å². The van der Waals surface area contributed by atoms with Crippen molar-refractivity contribution in [1.82, 2.24) is 19.8 Å². The van der Waals surface area contributed by atoms with Crippen LogP contribution in [0.1, 0.15) is 57.1 Å². The Morgan fingerprint density at radius 3 is 2.75 bits per heavy atom. The first-order valence-corrected chi connectivity index (χ1v) is 14.5. The summed E-state index contributed by atoms with van der Waals surface area (Å²) in [6.07, 6.45) is 6.35.